The van der Waals surface area contributed by atoms with Crippen molar-refractivity contribution >= 4 is 12.2 Å². The summed E-state index contributed by atoms with van der Waals surface area (Å²) in [5, 5.41) is 0. The minimum Gasteiger partial charge on any atom is -0.444 e. The predicted molar refractivity (Wildman–Crippen MR) is 112 cm³/mol. The molecule has 6 nitrogen and oxygen atoms in total. The third-order valence-corrected chi connectivity index (χ3v) is 5.61. The SMILES string of the molecule is C=CC[C@]1(c2ccc(F)cc2)CCN(C2CCCN(C(=O)OC(C)(C)C)C2)C(=O)O1. The molecule has 0 bridgehead atoms. The van der Waals surface area contributed by atoms with Crippen LogP contribution in [0.4, 0.5) is 14.0 Å². The highest BCUT2D eigenvalue weighted by Gasteiger charge is 2.44. The van der Waals surface area contributed by atoms with Crippen LogP contribution < -0.4 is 0 Å². The van der Waals surface area contributed by atoms with E-state index in [9.17, 15) is 14.0 Å². The first-order valence-electron chi connectivity index (χ1n) is 10.5. The zero-order chi connectivity index (χ0) is 21.9. The lowest BCUT2D eigenvalue weighted by Gasteiger charge is -2.46. The maximum Gasteiger partial charge on any atom is 0.410 e. The van der Waals surface area contributed by atoms with Crippen molar-refractivity contribution in [3.63, 3.8) is 0 Å². The molecular weight excluding hydrogens is 387 g/mol. The van der Waals surface area contributed by atoms with E-state index in [0.717, 1.165) is 18.4 Å². The van der Waals surface area contributed by atoms with Crippen molar-refractivity contribution < 1.29 is 23.5 Å². The van der Waals surface area contributed by atoms with E-state index in [-0.39, 0.29) is 18.0 Å². The number of ether oxygens (including phenoxy) is 2. The van der Waals surface area contributed by atoms with Gasteiger partial charge in [-0.2, -0.15) is 0 Å². The van der Waals surface area contributed by atoms with Gasteiger partial charge in [-0.3, -0.25) is 0 Å². The zero-order valence-electron chi connectivity index (χ0n) is 18.0. The van der Waals surface area contributed by atoms with E-state index in [1.807, 2.05) is 20.8 Å². The third-order valence-electron chi connectivity index (χ3n) is 5.61. The Bertz CT molecular complexity index is 789. The summed E-state index contributed by atoms with van der Waals surface area (Å²) >= 11 is 0. The Morgan fingerprint density at radius 2 is 2.03 bits per heavy atom. The number of amides is 2. The van der Waals surface area contributed by atoms with E-state index in [2.05, 4.69) is 6.58 Å². The maximum atomic E-state index is 13.4. The van der Waals surface area contributed by atoms with Gasteiger partial charge in [-0.25, -0.2) is 14.0 Å². The highest BCUT2D eigenvalue weighted by Crippen LogP contribution is 2.39. The smallest absolute Gasteiger partial charge is 0.410 e. The summed E-state index contributed by atoms with van der Waals surface area (Å²) < 4.78 is 24.8. The van der Waals surface area contributed by atoms with Crippen LogP contribution in [0.15, 0.2) is 36.9 Å². The molecule has 1 aromatic carbocycles. The fourth-order valence-corrected chi connectivity index (χ4v) is 4.15. The molecule has 2 atom stereocenters. The molecule has 30 heavy (non-hydrogen) atoms. The number of piperidine rings is 1. The van der Waals surface area contributed by atoms with E-state index in [1.165, 1.54) is 12.1 Å². The standard InChI is InChI=1S/C23H31FN2O4/c1-5-12-23(17-8-10-18(24)11-9-17)13-15-26(21(28)30-23)19-7-6-14-25(16-19)20(27)29-22(2,3)4/h5,8-11,19H,1,6-7,12-16H2,2-4H3/t19?,23-/m1/s1. The molecule has 0 spiro atoms. The van der Waals surface area contributed by atoms with E-state index in [4.69, 9.17) is 9.47 Å². The van der Waals surface area contributed by atoms with Gasteiger partial charge in [-0.1, -0.05) is 18.2 Å². The number of carbonyl (C=O) groups is 2. The van der Waals surface area contributed by atoms with Gasteiger partial charge in [0, 0.05) is 32.5 Å². The molecule has 1 unspecified atom stereocenters. The van der Waals surface area contributed by atoms with Gasteiger partial charge in [-0.15, -0.1) is 6.58 Å². The summed E-state index contributed by atoms with van der Waals surface area (Å²) in [6.45, 7) is 10.8. The van der Waals surface area contributed by atoms with Gasteiger partial charge in [0.2, 0.25) is 0 Å². The minimum atomic E-state index is -0.845. The summed E-state index contributed by atoms with van der Waals surface area (Å²) in [5.74, 6) is -0.333. The minimum absolute atomic E-state index is 0.117. The van der Waals surface area contributed by atoms with Crippen LogP contribution in [-0.2, 0) is 15.1 Å². The van der Waals surface area contributed by atoms with E-state index < -0.39 is 17.3 Å². The van der Waals surface area contributed by atoms with Crippen LogP contribution in [0.1, 0.15) is 52.0 Å². The topological polar surface area (TPSA) is 59.1 Å². The molecule has 7 heteroatoms. The predicted octanol–water partition coefficient (Wildman–Crippen LogP) is 4.84. The Kier molecular flexibility index (Phi) is 6.38. The number of cyclic esters (lactones) is 1. The Hall–Kier alpha value is -2.57. The molecule has 1 aromatic rings. The zero-order valence-corrected chi connectivity index (χ0v) is 18.0. The molecule has 2 fully saturated rings. The summed E-state index contributed by atoms with van der Waals surface area (Å²) in [6.07, 6.45) is 3.57. The van der Waals surface area contributed by atoms with Crippen molar-refractivity contribution in [1.29, 1.82) is 0 Å². The molecule has 0 aromatic heterocycles. The van der Waals surface area contributed by atoms with Crippen LogP contribution in [0, 0.1) is 5.82 Å². The van der Waals surface area contributed by atoms with Crippen molar-refractivity contribution in [2.45, 2.75) is 63.7 Å². The number of nitrogens with zero attached hydrogens (tertiary/aromatic N) is 2. The first kappa shape index (κ1) is 22.1. The van der Waals surface area contributed by atoms with Crippen molar-refractivity contribution in [2.24, 2.45) is 0 Å². The third kappa shape index (κ3) is 4.94. The van der Waals surface area contributed by atoms with Gasteiger partial charge < -0.3 is 19.3 Å². The van der Waals surface area contributed by atoms with Gasteiger partial charge in [0.25, 0.3) is 0 Å². The molecule has 164 valence electrons. The van der Waals surface area contributed by atoms with Crippen LogP contribution in [0.3, 0.4) is 0 Å². The Morgan fingerprint density at radius 1 is 1.33 bits per heavy atom. The average molecular weight is 419 g/mol. The molecular formula is C23H31FN2O4. The number of benzene rings is 1. The second-order valence-corrected chi connectivity index (χ2v) is 9.03. The number of halogens is 1. The van der Waals surface area contributed by atoms with Gasteiger partial charge in [-0.05, 0) is 51.3 Å². The summed E-state index contributed by atoms with van der Waals surface area (Å²) in [6, 6.07) is 5.95. The van der Waals surface area contributed by atoms with Gasteiger partial charge in [0.15, 0.2) is 0 Å². The second-order valence-electron chi connectivity index (χ2n) is 9.03. The summed E-state index contributed by atoms with van der Waals surface area (Å²) in [7, 11) is 0. The molecule has 0 radical (unpaired) electrons. The van der Waals surface area contributed by atoms with Crippen molar-refractivity contribution in [3.8, 4) is 0 Å². The lowest BCUT2D eigenvalue weighted by Crippen LogP contribution is -2.57. The second kappa shape index (κ2) is 8.66. The molecule has 2 aliphatic heterocycles. The van der Waals surface area contributed by atoms with Gasteiger partial charge in [0.1, 0.15) is 17.0 Å². The monoisotopic (exact) mass is 418 g/mol. The molecule has 0 saturated carbocycles. The molecule has 0 N–H and O–H groups in total. The number of hydrogen-bond acceptors (Lipinski definition) is 4. The molecule has 2 aliphatic rings. The molecule has 3 rings (SSSR count). The van der Waals surface area contributed by atoms with Crippen LogP contribution >= 0.6 is 0 Å². The van der Waals surface area contributed by atoms with E-state index in [0.29, 0.717) is 32.5 Å². The molecule has 2 heterocycles. The molecule has 2 saturated heterocycles. The number of rotatable bonds is 4. The summed E-state index contributed by atoms with van der Waals surface area (Å²) in [4.78, 5) is 28.8. The first-order chi connectivity index (χ1) is 14.1. The first-order valence-corrected chi connectivity index (χ1v) is 10.5. The maximum absolute atomic E-state index is 13.4. The van der Waals surface area contributed by atoms with Gasteiger partial charge >= 0.3 is 12.2 Å². The van der Waals surface area contributed by atoms with Crippen molar-refractivity contribution in [3.05, 3.63) is 48.3 Å². The lowest BCUT2D eigenvalue weighted by molar-refractivity contribution is -0.0667. The molecule has 2 amide bonds. The average Bonchev–Trinajstić information content (AvgIpc) is 2.67. The van der Waals surface area contributed by atoms with E-state index in [1.54, 1.807) is 28.0 Å². The van der Waals surface area contributed by atoms with Crippen LogP contribution in [0.25, 0.3) is 0 Å². The van der Waals surface area contributed by atoms with Gasteiger partial charge in [0.05, 0.1) is 6.04 Å². The Labute approximate surface area is 177 Å². The summed E-state index contributed by atoms with van der Waals surface area (Å²) in [5.41, 5.74) is -0.647. The van der Waals surface area contributed by atoms with E-state index >= 15 is 0 Å². The van der Waals surface area contributed by atoms with Crippen molar-refractivity contribution in [1.82, 2.24) is 9.80 Å². The number of carbonyl (C=O) groups excluding carboxylic acids is 2. The Balaban J connectivity index is 1.71. The number of hydrogen-bond donors (Lipinski definition) is 0. The highest BCUT2D eigenvalue weighted by atomic mass is 19.1. The van der Waals surface area contributed by atoms with Crippen LogP contribution in [0.2, 0.25) is 0 Å². The lowest BCUT2D eigenvalue weighted by atomic mass is 9.85. The van der Waals surface area contributed by atoms with Crippen molar-refractivity contribution in [2.75, 3.05) is 19.6 Å². The van der Waals surface area contributed by atoms with Crippen LogP contribution in [-0.4, -0.2) is 53.3 Å². The highest BCUT2D eigenvalue weighted by molar-refractivity contribution is 5.71. The molecule has 0 aliphatic carbocycles. The largest absolute Gasteiger partial charge is 0.444 e. The van der Waals surface area contributed by atoms with Crippen LogP contribution in [0.5, 0.6) is 0 Å². The quantitative estimate of drug-likeness (QED) is 0.657. The number of likely N-dealkylation sites (tertiary alicyclic amines) is 1. The fourth-order valence-electron chi connectivity index (χ4n) is 4.15. The Morgan fingerprint density at radius 3 is 2.63 bits per heavy atom. The fraction of sp³-hybridized carbons (Fsp3) is 0.565. The normalized spacial score (nSPS) is 24.9.